The van der Waals surface area contributed by atoms with E-state index in [1.807, 2.05) is 0 Å². The third-order valence-corrected chi connectivity index (χ3v) is 3.54. The smallest absolute Gasteiger partial charge is 0.426 e. The van der Waals surface area contributed by atoms with Gasteiger partial charge in [0.2, 0.25) is 0 Å². The Labute approximate surface area is 172 Å². The first-order valence-corrected chi connectivity index (χ1v) is 9.71. The van der Waals surface area contributed by atoms with Gasteiger partial charge in [-0.25, -0.2) is 14.4 Å². The molecule has 1 rings (SSSR count). The number of ether oxygens (including phenoxy) is 3. The molecular weight excluding hydrogens is 380 g/mol. The first-order chi connectivity index (χ1) is 12.9. The third kappa shape index (κ3) is 7.91. The van der Waals surface area contributed by atoms with Gasteiger partial charge in [-0.05, 0) is 75.2 Å². The van der Waals surface area contributed by atoms with Crippen LogP contribution in [0.25, 0.3) is 0 Å². The summed E-state index contributed by atoms with van der Waals surface area (Å²) in [6, 6.07) is -1.02. The summed E-state index contributed by atoms with van der Waals surface area (Å²) >= 11 is 0. The van der Waals surface area contributed by atoms with Crippen LogP contribution in [-0.4, -0.2) is 63.4 Å². The van der Waals surface area contributed by atoms with Gasteiger partial charge in [-0.1, -0.05) is 0 Å². The monoisotopic (exact) mass is 414 g/mol. The summed E-state index contributed by atoms with van der Waals surface area (Å²) < 4.78 is 15.8. The van der Waals surface area contributed by atoms with Gasteiger partial charge in [0.25, 0.3) is 5.91 Å². The number of carbonyl (C=O) groups excluding carboxylic acids is 4. The molecule has 1 saturated heterocycles. The largest absolute Gasteiger partial charge is 0.444 e. The molecule has 29 heavy (non-hydrogen) atoms. The lowest BCUT2D eigenvalue weighted by atomic mass is 10.2. The molecule has 9 nitrogen and oxygen atoms in total. The highest BCUT2D eigenvalue weighted by Crippen LogP contribution is 2.24. The molecule has 0 aromatic rings. The molecule has 0 radical (unpaired) electrons. The molecule has 0 spiro atoms. The Balaban J connectivity index is 3.16. The number of hydrogen-bond donors (Lipinski definition) is 0. The van der Waals surface area contributed by atoms with Crippen LogP contribution in [0.5, 0.6) is 0 Å². The number of amides is 4. The number of likely N-dealkylation sites (tertiary alicyclic amines) is 1. The minimum atomic E-state index is -1.15. The molecule has 166 valence electrons. The predicted molar refractivity (Wildman–Crippen MR) is 105 cm³/mol. The number of imide groups is 3. The van der Waals surface area contributed by atoms with E-state index < -0.39 is 47.0 Å². The second-order valence-corrected chi connectivity index (χ2v) is 9.97. The van der Waals surface area contributed by atoms with E-state index in [1.54, 1.807) is 62.3 Å². The first-order valence-electron chi connectivity index (χ1n) is 9.71. The fourth-order valence-electron chi connectivity index (χ4n) is 2.58. The lowest BCUT2D eigenvalue weighted by molar-refractivity contribution is -0.134. The molecule has 9 heteroatoms. The zero-order valence-corrected chi connectivity index (χ0v) is 19.0. The van der Waals surface area contributed by atoms with Crippen molar-refractivity contribution in [3.05, 3.63) is 0 Å². The highest BCUT2D eigenvalue weighted by molar-refractivity contribution is 6.09. The Morgan fingerprint density at radius 3 is 1.55 bits per heavy atom. The molecular formula is C20H34N2O7. The maximum Gasteiger partial charge on any atom is 0.426 e. The predicted octanol–water partition coefficient (Wildman–Crippen LogP) is 4.08. The molecule has 0 aliphatic carbocycles. The fraction of sp³-hybridized carbons (Fsp3) is 0.800. The minimum absolute atomic E-state index is 0.280. The van der Waals surface area contributed by atoms with E-state index in [-0.39, 0.29) is 6.54 Å². The summed E-state index contributed by atoms with van der Waals surface area (Å²) in [4.78, 5) is 52.5. The summed E-state index contributed by atoms with van der Waals surface area (Å²) in [5.41, 5.74) is -2.61. The van der Waals surface area contributed by atoms with Gasteiger partial charge in [-0.2, -0.15) is 0 Å². The van der Waals surface area contributed by atoms with Crippen molar-refractivity contribution < 1.29 is 33.4 Å². The van der Waals surface area contributed by atoms with Crippen molar-refractivity contribution in [2.24, 2.45) is 0 Å². The normalized spacial score (nSPS) is 17.6. The van der Waals surface area contributed by atoms with E-state index in [9.17, 15) is 19.2 Å². The van der Waals surface area contributed by atoms with Crippen molar-refractivity contribution in [1.82, 2.24) is 9.80 Å². The van der Waals surface area contributed by atoms with Crippen LogP contribution < -0.4 is 0 Å². The highest BCUT2D eigenvalue weighted by atomic mass is 16.6. The van der Waals surface area contributed by atoms with Crippen molar-refractivity contribution in [2.45, 2.75) is 98.0 Å². The van der Waals surface area contributed by atoms with Crippen LogP contribution in [0.4, 0.5) is 14.4 Å². The lowest BCUT2D eigenvalue weighted by Gasteiger charge is -2.32. The number of rotatable bonds is 1. The Morgan fingerprint density at radius 1 is 0.759 bits per heavy atom. The van der Waals surface area contributed by atoms with Gasteiger partial charge in [0.05, 0.1) is 0 Å². The molecule has 0 saturated carbocycles. The molecule has 1 atom stereocenters. The summed E-state index contributed by atoms with van der Waals surface area (Å²) in [7, 11) is 0. The van der Waals surface area contributed by atoms with Gasteiger partial charge < -0.3 is 14.2 Å². The van der Waals surface area contributed by atoms with Gasteiger partial charge in [0, 0.05) is 6.54 Å². The summed E-state index contributed by atoms with van der Waals surface area (Å²) in [6.07, 6.45) is -2.14. The van der Waals surface area contributed by atoms with Crippen LogP contribution in [0.2, 0.25) is 0 Å². The maximum absolute atomic E-state index is 13.2. The van der Waals surface area contributed by atoms with Crippen molar-refractivity contribution in [3.8, 4) is 0 Å². The molecule has 0 unspecified atom stereocenters. The summed E-state index contributed by atoms with van der Waals surface area (Å²) in [5, 5.41) is 0. The average molecular weight is 414 g/mol. The van der Waals surface area contributed by atoms with Crippen molar-refractivity contribution in [2.75, 3.05) is 6.54 Å². The van der Waals surface area contributed by atoms with Crippen LogP contribution in [-0.2, 0) is 19.0 Å². The zero-order valence-electron chi connectivity index (χ0n) is 19.0. The van der Waals surface area contributed by atoms with E-state index in [2.05, 4.69) is 0 Å². The van der Waals surface area contributed by atoms with Crippen LogP contribution in [0, 0.1) is 0 Å². The molecule has 1 fully saturated rings. The van der Waals surface area contributed by atoms with Crippen molar-refractivity contribution in [1.29, 1.82) is 0 Å². The van der Waals surface area contributed by atoms with Crippen molar-refractivity contribution >= 4 is 24.2 Å². The lowest BCUT2D eigenvalue weighted by Crippen LogP contribution is -2.54. The zero-order chi connectivity index (χ0) is 22.8. The van der Waals surface area contributed by atoms with Gasteiger partial charge in [-0.15, -0.1) is 4.90 Å². The Kier molecular flexibility index (Phi) is 7.32. The van der Waals surface area contributed by atoms with Crippen LogP contribution >= 0.6 is 0 Å². The van der Waals surface area contributed by atoms with E-state index in [1.165, 1.54) is 4.90 Å². The van der Waals surface area contributed by atoms with Crippen molar-refractivity contribution in [3.63, 3.8) is 0 Å². The van der Waals surface area contributed by atoms with E-state index in [0.29, 0.717) is 17.7 Å². The molecule has 1 aliphatic rings. The van der Waals surface area contributed by atoms with Crippen LogP contribution in [0.1, 0.15) is 75.2 Å². The number of carbonyl (C=O) groups is 4. The molecule has 0 N–H and O–H groups in total. The van der Waals surface area contributed by atoms with Crippen LogP contribution in [0.15, 0.2) is 0 Å². The van der Waals surface area contributed by atoms with E-state index >= 15 is 0 Å². The molecule has 1 aliphatic heterocycles. The quantitative estimate of drug-likeness (QED) is 0.596. The molecule has 0 aromatic heterocycles. The van der Waals surface area contributed by atoms with Gasteiger partial charge in [0.15, 0.2) is 0 Å². The number of nitrogens with zero attached hydrogens (tertiary/aromatic N) is 2. The van der Waals surface area contributed by atoms with Gasteiger partial charge >= 0.3 is 18.3 Å². The van der Waals surface area contributed by atoms with E-state index in [4.69, 9.17) is 14.2 Å². The summed E-state index contributed by atoms with van der Waals surface area (Å²) in [5.74, 6) is -0.878. The second kappa shape index (κ2) is 8.59. The van der Waals surface area contributed by atoms with Gasteiger partial charge in [0.1, 0.15) is 22.8 Å². The second-order valence-electron chi connectivity index (χ2n) is 9.97. The SMILES string of the molecule is CC(C)(C)OC(=O)N(C(=O)OC(C)(C)C)C(=O)[C@@H]1CCCN1C(=O)OC(C)(C)C. The Bertz CT molecular complexity index is 625. The number of hydrogen-bond acceptors (Lipinski definition) is 7. The summed E-state index contributed by atoms with van der Waals surface area (Å²) in [6.45, 7) is 15.1. The van der Waals surface area contributed by atoms with E-state index in [0.717, 1.165) is 0 Å². The van der Waals surface area contributed by atoms with Gasteiger partial charge in [-0.3, -0.25) is 9.69 Å². The molecule has 0 bridgehead atoms. The maximum atomic E-state index is 13.2. The average Bonchev–Trinajstić information content (AvgIpc) is 2.90. The first kappa shape index (κ1) is 24.7. The van der Waals surface area contributed by atoms with Crippen LogP contribution in [0.3, 0.4) is 0 Å². The minimum Gasteiger partial charge on any atom is -0.444 e. The molecule has 1 heterocycles. The fourth-order valence-corrected chi connectivity index (χ4v) is 2.58. The standard InChI is InChI=1S/C20H34N2O7/c1-18(2,3)27-15(24)21-12-10-11-13(21)14(23)22(16(25)28-19(4,5)6)17(26)29-20(7,8)9/h13H,10-12H2,1-9H3/t13-/m0/s1. The topological polar surface area (TPSA) is 102 Å². The Hall–Kier alpha value is -2.32. The molecule has 4 amide bonds. The highest BCUT2D eigenvalue weighted by Gasteiger charge is 2.45. The Morgan fingerprint density at radius 2 is 1.17 bits per heavy atom. The third-order valence-electron chi connectivity index (χ3n) is 3.54. The molecule has 0 aromatic carbocycles.